The van der Waals surface area contributed by atoms with Crippen molar-refractivity contribution >= 4 is 25.5 Å². The van der Waals surface area contributed by atoms with Gasteiger partial charge in [0.15, 0.2) is 0 Å². The van der Waals surface area contributed by atoms with E-state index in [1.54, 1.807) is 0 Å². The summed E-state index contributed by atoms with van der Waals surface area (Å²) in [5, 5.41) is 30.3. The van der Waals surface area contributed by atoms with Gasteiger partial charge in [0.05, 0.1) is 0 Å². The van der Waals surface area contributed by atoms with E-state index in [-0.39, 0.29) is 30.6 Å². The normalized spacial score (nSPS) is 36.7. The van der Waals surface area contributed by atoms with Crippen molar-refractivity contribution < 1.29 is 19.9 Å². The van der Waals surface area contributed by atoms with Crippen molar-refractivity contribution in [1.82, 2.24) is 5.32 Å². The van der Waals surface area contributed by atoms with E-state index in [2.05, 4.69) is 5.32 Å². The highest BCUT2D eigenvalue weighted by Gasteiger charge is 2.58. The molecule has 6 nitrogen and oxygen atoms in total. The molecule has 110 valence electrons. The highest BCUT2D eigenvalue weighted by molar-refractivity contribution is 6.40. The molecule has 0 spiro atoms. The minimum atomic E-state index is -1.32. The summed E-state index contributed by atoms with van der Waals surface area (Å²) in [6, 6.07) is 0. The quantitative estimate of drug-likeness (QED) is 0.428. The number of carboxylic acids is 1. The molecule has 2 aliphatic rings. The second-order valence-electron chi connectivity index (χ2n) is 5.61. The molecule has 1 saturated carbocycles. The van der Waals surface area contributed by atoms with Crippen LogP contribution >= 0.6 is 12.4 Å². The molecule has 1 aliphatic heterocycles. The predicted octanol–water partition coefficient (Wildman–Crippen LogP) is -0.701. The summed E-state index contributed by atoms with van der Waals surface area (Å²) in [6.45, 7) is 1.52. The van der Waals surface area contributed by atoms with Crippen LogP contribution in [0.15, 0.2) is 0 Å². The Morgan fingerprint density at radius 3 is 2.68 bits per heavy atom. The number of nitrogens with one attached hydrogen (secondary N) is 1. The highest BCUT2D eigenvalue weighted by Crippen LogP contribution is 2.47. The molecule has 1 heterocycles. The Balaban J connectivity index is 0.00000180. The zero-order chi connectivity index (χ0) is 13.3. The van der Waals surface area contributed by atoms with Crippen LogP contribution in [0.1, 0.15) is 19.3 Å². The van der Waals surface area contributed by atoms with E-state index in [4.69, 9.17) is 15.8 Å². The lowest BCUT2D eigenvalue weighted by atomic mass is 9.76. The lowest BCUT2D eigenvalue weighted by Crippen LogP contribution is -2.57. The van der Waals surface area contributed by atoms with Crippen molar-refractivity contribution in [3.05, 3.63) is 0 Å². The average molecular weight is 293 g/mol. The Bertz CT molecular complexity index is 334. The Labute approximate surface area is 119 Å². The molecule has 1 saturated heterocycles. The number of carbonyl (C=O) groups is 1. The van der Waals surface area contributed by atoms with Crippen LogP contribution < -0.4 is 11.1 Å². The third-order valence-corrected chi connectivity index (χ3v) is 4.60. The summed E-state index contributed by atoms with van der Waals surface area (Å²) in [4.78, 5) is 11.5. The van der Waals surface area contributed by atoms with Gasteiger partial charge in [-0.25, -0.2) is 0 Å². The molecule has 0 aromatic rings. The van der Waals surface area contributed by atoms with E-state index < -0.39 is 18.6 Å². The lowest BCUT2D eigenvalue weighted by Gasteiger charge is -2.31. The molecule has 2 fully saturated rings. The van der Waals surface area contributed by atoms with E-state index in [0.717, 1.165) is 13.0 Å². The Hall–Kier alpha value is -0.335. The molecule has 0 aromatic heterocycles. The standard InChI is InChI=1S/C11H21BN2O4.ClH/c13-11(10(15)16)8(2-1-3-12(17)18)4-7-5-14-6-9(7)11;/h7-9,14,17-18H,1-6,13H2,(H,15,16);1H. The second kappa shape index (κ2) is 6.41. The zero-order valence-corrected chi connectivity index (χ0v) is 11.6. The number of halogens is 1. The van der Waals surface area contributed by atoms with Crippen LogP contribution in [0.4, 0.5) is 0 Å². The van der Waals surface area contributed by atoms with Gasteiger partial charge < -0.3 is 26.2 Å². The van der Waals surface area contributed by atoms with Gasteiger partial charge in [-0.3, -0.25) is 4.79 Å². The number of hydrogen-bond acceptors (Lipinski definition) is 5. The predicted molar refractivity (Wildman–Crippen MR) is 74.0 cm³/mol. The molecule has 4 unspecified atom stereocenters. The second-order valence-corrected chi connectivity index (χ2v) is 5.61. The van der Waals surface area contributed by atoms with Gasteiger partial charge in [-0.05, 0) is 37.5 Å². The number of hydrogen-bond donors (Lipinski definition) is 5. The summed E-state index contributed by atoms with van der Waals surface area (Å²) in [5.41, 5.74) is 5.03. The van der Waals surface area contributed by atoms with E-state index in [1.165, 1.54) is 0 Å². The maximum atomic E-state index is 11.5. The summed E-state index contributed by atoms with van der Waals surface area (Å²) in [6.07, 6.45) is 2.34. The highest BCUT2D eigenvalue weighted by atomic mass is 35.5. The maximum Gasteiger partial charge on any atom is 0.451 e. The number of nitrogens with two attached hydrogens (primary N) is 1. The first-order valence-electron chi connectivity index (χ1n) is 6.55. The number of aliphatic carboxylic acids is 1. The average Bonchev–Trinajstić information content (AvgIpc) is 2.82. The fraction of sp³-hybridized carbons (Fsp3) is 0.909. The van der Waals surface area contributed by atoms with Gasteiger partial charge in [0.25, 0.3) is 0 Å². The molecular weight excluding hydrogens is 270 g/mol. The molecule has 19 heavy (non-hydrogen) atoms. The van der Waals surface area contributed by atoms with E-state index >= 15 is 0 Å². The van der Waals surface area contributed by atoms with Crippen LogP contribution in [-0.2, 0) is 4.79 Å². The van der Waals surface area contributed by atoms with Gasteiger partial charge in [0.1, 0.15) is 5.54 Å². The molecule has 0 aromatic carbocycles. The summed E-state index contributed by atoms with van der Waals surface area (Å²) < 4.78 is 0. The van der Waals surface area contributed by atoms with Crippen LogP contribution in [0, 0.1) is 17.8 Å². The first-order valence-corrected chi connectivity index (χ1v) is 6.55. The minimum absolute atomic E-state index is 0. The molecule has 1 aliphatic carbocycles. The van der Waals surface area contributed by atoms with Crippen LogP contribution in [-0.4, -0.2) is 46.9 Å². The van der Waals surface area contributed by atoms with Gasteiger partial charge in [0, 0.05) is 12.5 Å². The number of carboxylic acid groups (broad SMARTS) is 1. The molecule has 2 rings (SSSR count). The van der Waals surface area contributed by atoms with Crippen LogP contribution in [0.25, 0.3) is 0 Å². The number of rotatable bonds is 5. The number of fused-ring (bicyclic) bond motifs is 1. The Morgan fingerprint density at radius 2 is 2.11 bits per heavy atom. The largest absolute Gasteiger partial charge is 0.480 e. The molecule has 0 amide bonds. The third kappa shape index (κ3) is 3.06. The van der Waals surface area contributed by atoms with Gasteiger partial charge in [-0.1, -0.05) is 6.42 Å². The van der Waals surface area contributed by atoms with Crippen LogP contribution in [0.3, 0.4) is 0 Å². The van der Waals surface area contributed by atoms with Gasteiger partial charge in [0.2, 0.25) is 0 Å². The molecule has 0 radical (unpaired) electrons. The molecule has 4 atom stereocenters. The maximum absolute atomic E-state index is 11.5. The first-order chi connectivity index (χ1) is 8.46. The fourth-order valence-corrected chi connectivity index (χ4v) is 3.64. The fourth-order valence-electron chi connectivity index (χ4n) is 3.64. The molecule has 6 N–H and O–H groups in total. The topological polar surface area (TPSA) is 116 Å². The van der Waals surface area contributed by atoms with Crippen molar-refractivity contribution in [1.29, 1.82) is 0 Å². The summed E-state index contributed by atoms with van der Waals surface area (Å²) in [7, 11) is -1.32. The Morgan fingerprint density at radius 1 is 1.42 bits per heavy atom. The van der Waals surface area contributed by atoms with Crippen molar-refractivity contribution in [3.8, 4) is 0 Å². The van der Waals surface area contributed by atoms with Gasteiger partial charge in [-0.2, -0.15) is 0 Å². The lowest BCUT2D eigenvalue weighted by molar-refractivity contribution is -0.146. The zero-order valence-electron chi connectivity index (χ0n) is 10.8. The Kier molecular flexibility index (Phi) is 5.64. The van der Waals surface area contributed by atoms with Crippen molar-refractivity contribution in [2.75, 3.05) is 13.1 Å². The molecular formula is C11H22BClN2O4. The first kappa shape index (κ1) is 16.7. The van der Waals surface area contributed by atoms with Gasteiger partial charge >= 0.3 is 13.1 Å². The molecule has 8 heteroatoms. The van der Waals surface area contributed by atoms with Crippen molar-refractivity contribution in [2.45, 2.75) is 31.1 Å². The summed E-state index contributed by atoms with van der Waals surface area (Å²) >= 11 is 0. The third-order valence-electron chi connectivity index (χ3n) is 4.60. The van der Waals surface area contributed by atoms with Crippen molar-refractivity contribution in [2.24, 2.45) is 23.5 Å². The van der Waals surface area contributed by atoms with E-state index in [1.807, 2.05) is 0 Å². The van der Waals surface area contributed by atoms with Gasteiger partial charge in [-0.15, -0.1) is 12.4 Å². The monoisotopic (exact) mass is 292 g/mol. The van der Waals surface area contributed by atoms with Crippen LogP contribution in [0.2, 0.25) is 6.32 Å². The van der Waals surface area contributed by atoms with E-state index in [0.29, 0.717) is 25.3 Å². The SMILES string of the molecule is Cl.NC1(C(=O)O)C(CCCB(O)O)CC2CNCC21. The minimum Gasteiger partial charge on any atom is -0.480 e. The molecule has 0 bridgehead atoms. The van der Waals surface area contributed by atoms with Crippen LogP contribution in [0.5, 0.6) is 0 Å². The smallest absolute Gasteiger partial charge is 0.451 e. The van der Waals surface area contributed by atoms with Crippen molar-refractivity contribution in [3.63, 3.8) is 0 Å². The summed E-state index contributed by atoms with van der Waals surface area (Å²) in [5.74, 6) is -0.645. The van der Waals surface area contributed by atoms with E-state index in [9.17, 15) is 9.90 Å².